The van der Waals surface area contributed by atoms with Crippen LogP contribution in [0.3, 0.4) is 0 Å². The maximum Gasteiger partial charge on any atom is 0.151 e. The molecule has 0 aliphatic carbocycles. The van der Waals surface area contributed by atoms with Gasteiger partial charge in [0, 0.05) is 5.69 Å². The van der Waals surface area contributed by atoms with Crippen LogP contribution in [0.4, 0.5) is 5.82 Å². The van der Waals surface area contributed by atoms with Gasteiger partial charge in [-0.3, -0.25) is 0 Å². The highest BCUT2D eigenvalue weighted by Gasteiger charge is 2.10. The van der Waals surface area contributed by atoms with Crippen molar-refractivity contribution in [2.24, 2.45) is 0 Å². The van der Waals surface area contributed by atoms with Crippen LogP contribution < -0.4 is 5.73 Å². The van der Waals surface area contributed by atoms with Gasteiger partial charge in [0.25, 0.3) is 0 Å². The van der Waals surface area contributed by atoms with E-state index in [2.05, 4.69) is 30.0 Å². The number of hydrogen-bond acceptors (Lipinski definition) is 3. The second-order valence-electron chi connectivity index (χ2n) is 3.51. The van der Waals surface area contributed by atoms with Gasteiger partial charge in [-0.05, 0) is 24.5 Å². The summed E-state index contributed by atoms with van der Waals surface area (Å²) >= 11 is 0. The van der Waals surface area contributed by atoms with Gasteiger partial charge in [-0.2, -0.15) is 5.10 Å². The lowest BCUT2D eigenvalue weighted by atomic mass is 10.1. The van der Waals surface area contributed by atoms with Crippen LogP contribution >= 0.6 is 0 Å². The smallest absolute Gasteiger partial charge is 0.151 e. The molecule has 0 bridgehead atoms. The van der Waals surface area contributed by atoms with Crippen LogP contribution in [0.15, 0.2) is 18.5 Å². The summed E-state index contributed by atoms with van der Waals surface area (Å²) < 4.78 is 1.87. The lowest BCUT2D eigenvalue weighted by Gasteiger charge is -2.07. The zero-order chi connectivity index (χ0) is 10.1. The van der Waals surface area contributed by atoms with Crippen LogP contribution in [0.1, 0.15) is 31.9 Å². The molecule has 0 aliphatic rings. The number of nitrogens with two attached hydrogens (primary N) is 1. The van der Waals surface area contributed by atoms with E-state index < -0.39 is 0 Å². The lowest BCUT2D eigenvalue weighted by molar-refractivity contribution is 0.675. The number of nitrogen functional groups attached to an aromatic ring is 1. The molecule has 0 aromatic carbocycles. The first-order valence-corrected chi connectivity index (χ1v) is 4.82. The van der Waals surface area contributed by atoms with Gasteiger partial charge in [0.05, 0.1) is 0 Å². The maximum atomic E-state index is 5.74. The van der Waals surface area contributed by atoms with Crippen LogP contribution in [-0.2, 0) is 0 Å². The maximum absolute atomic E-state index is 5.74. The highest BCUT2D eigenvalue weighted by Crippen LogP contribution is 2.22. The molecule has 2 N–H and O–H groups in total. The SMILES string of the molecule is CC[C@@H](C)c1ccc2c(N)ncnn12. The van der Waals surface area contributed by atoms with E-state index in [4.69, 9.17) is 5.73 Å². The highest BCUT2D eigenvalue weighted by molar-refractivity contribution is 5.65. The normalized spacial score (nSPS) is 13.3. The van der Waals surface area contributed by atoms with Crippen LogP contribution in [0, 0.1) is 0 Å². The van der Waals surface area contributed by atoms with Gasteiger partial charge in [0.1, 0.15) is 11.8 Å². The number of fused-ring (bicyclic) bond motifs is 1. The third-order valence-electron chi connectivity index (χ3n) is 2.63. The van der Waals surface area contributed by atoms with Crippen molar-refractivity contribution in [2.45, 2.75) is 26.2 Å². The summed E-state index contributed by atoms with van der Waals surface area (Å²) in [6.45, 7) is 4.34. The van der Waals surface area contributed by atoms with Crippen molar-refractivity contribution in [1.82, 2.24) is 14.6 Å². The molecular weight excluding hydrogens is 176 g/mol. The molecule has 0 aliphatic heterocycles. The molecule has 1 atom stereocenters. The molecule has 74 valence electrons. The van der Waals surface area contributed by atoms with E-state index in [0.717, 1.165) is 11.9 Å². The minimum atomic E-state index is 0.492. The first-order chi connectivity index (χ1) is 6.74. The number of aromatic nitrogens is 3. The Labute approximate surface area is 82.8 Å². The molecule has 0 unspecified atom stereocenters. The predicted octanol–water partition coefficient (Wildman–Crippen LogP) is 1.82. The topological polar surface area (TPSA) is 56.2 Å². The van der Waals surface area contributed by atoms with E-state index in [0.29, 0.717) is 11.7 Å². The van der Waals surface area contributed by atoms with Gasteiger partial charge in [-0.25, -0.2) is 9.50 Å². The number of hydrogen-bond donors (Lipinski definition) is 1. The zero-order valence-corrected chi connectivity index (χ0v) is 8.44. The summed E-state index contributed by atoms with van der Waals surface area (Å²) in [5.41, 5.74) is 7.82. The fourth-order valence-corrected chi connectivity index (χ4v) is 1.56. The van der Waals surface area contributed by atoms with E-state index in [1.165, 1.54) is 12.0 Å². The Hall–Kier alpha value is -1.58. The summed E-state index contributed by atoms with van der Waals surface area (Å²) in [4.78, 5) is 3.95. The summed E-state index contributed by atoms with van der Waals surface area (Å²) in [7, 11) is 0. The average Bonchev–Trinajstić information content (AvgIpc) is 2.62. The number of rotatable bonds is 2. The van der Waals surface area contributed by atoms with Crippen molar-refractivity contribution < 1.29 is 0 Å². The first kappa shape index (κ1) is 8.99. The molecule has 0 saturated heterocycles. The fraction of sp³-hybridized carbons (Fsp3) is 0.400. The molecule has 0 spiro atoms. The largest absolute Gasteiger partial charge is 0.382 e. The Morgan fingerprint density at radius 3 is 3.00 bits per heavy atom. The van der Waals surface area contributed by atoms with E-state index in [9.17, 15) is 0 Å². The Morgan fingerprint density at radius 1 is 1.50 bits per heavy atom. The molecule has 2 aromatic heterocycles. The molecule has 2 rings (SSSR count). The molecule has 4 nitrogen and oxygen atoms in total. The Balaban J connectivity index is 2.63. The van der Waals surface area contributed by atoms with Gasteiger partial charge in [0.15, 0.2) is 5.82 Å². The standard InChI is InChI=1S/C10H14N4/c1-3-7(2)8-4-5-9-10(11)12-6-13-14(8)9/h4-7H,3H2,1-2H3,(H2,11,12,13)/t7-/m1/s1. The van der Waals surface area contributed by atoms with Gasteiger partial charge in [0.2, 0.25) is 0 Å². The Bertz CT molecular complexity index is 446. The molecule has 0 amide bonds. The molecule has 0 fully saturated rings. The predicted molar refractivity (Wildman–Crippen MR) is 56.1 cm³/mol. The average molecular weight is 190 g/mol. The second kappa shape index (κ2) is 3.29. The monoisotopic (exact) mass is 190 g/mol. The molecule has 2 heterocycles. The molecule has 0 saturated carbocycles. The molecule has 14 heavy (non-hydrogen) atoms. The van der Waals surface area contributed by atoms with Crippen molar-refractivity contribution in [3.8, 4) is 0 Å². The van der Waals surface area contributed by atoms with Gasteiger partial charge in [-0.15, -0.1) is 0 Å². The van der Waals surface area contributed by atoms with Crippen LogP contribution in [0.25, 0.3) is 5.52 Å². The minimum Gasteiger partial charge on any atom is -0.382 e. The van der Waals surface area contributed by atoms with Crippen LogP contribution in [0.2, 0.25) is 0 Å². The second-order valence-corrected chi connectivity index (χ2v) is 3.51. The molecule has 4 heteroatoms. The number of nitrogens with zero attached hydrogens (tertiary/aromatic N) is 3. The molecule has 2 aromatic rings. The Morgan fingerprint density at radius 2 is 2.29 bits per heavy atom. The summed E-state index contributed by atoms with van der Waals surface area (Å²) in [6, 6.07) is 4.03. The van der Waals surface area contributed by atoms with Crippen molar-refractivity contribution in [3.05, 3.63) is 24.2 Å². The van der Waals surface area contributed by atoms with Gasteiger partial charge in [-0.1, -0.05) is 13.8 Å². The van der Waals surface area contributed by atoms with Crippen LogP contribution in [-0.4, -0.2) is 14.6 Å². The van der Waals surface area contributed by atoms with Crippen molar-refractivity contribution in [1.29, 1.82) is 0 Å². The summed E-state index contributed by atoms with van der Waals surface area (Å²) in [5, 5.41) is 4.20. The fourth-order valence-electron chi connectivity index (χ4n) is 1.56. The molecule has 0 radical (unpaired) electrons. The summed E-state index contributed by atoms with van der Waals surface area (Å²) in [6.07, 6.45) is 2.59. The van der Waals surface area contributed by atoms with E-state index in [-0.39, 0.29) is 0 Å². The van der Waals surface area contributed by atoms with Crippen molar-refractivity contribution in [3.63, 3.8) is 0 Å². The van der Waals surface area contributed by atoms with E-state index in [1.54, 1.807) is 0 Å². The van der Waals surface area contributed by atoms with Gasteiger partial charge < -0.3 is 5.73 Å². The van der Waals surface area contributed by atoms with E-state index >= 15 is 0 Å². The minimum absolute atomic E-state index is 0.492. The quantitative estimate of drug-likeness (QED) is 0.785. The highest BCUT2D eigenvalue weighted by atomic mass is 15.3. The van der Waals surface area contributed by atoms with Gasteiger partial charge >= 0.3 is 0 Å². The van der Waals surface area contributed by atoms with E-state index in [1.807, 2.05) is 10.6 Å². The first-order valence-electron chi connectivity index (χ1n) is 4.82. The summed E-state index contributed by atoms with van der Waals surface area (Å²) in [5.74, 6) is 1.03. The number of anilines is 1. The Kier molecular flexibility index (Phi) is 2.11. The van der Waals surface area contributed by atoms with Crippen molar-refractivity contribution >= 4 is 11.3 Å². The lowest BCUT2D eigenvalue weighted by Crippen LogP contribution is -2.03. The third-order valence-corrected chi connectivity index (χ3v) is 2.63. The molecular formula is C10H14N4. The third kappa shape index (κ3) is 1.23. The van der Waals surface area contributed by atoms with Crippen LogP contribution in [0.5, 0.6) is 0 Å². The zero-order valence-electron chi connectivity index (χ0n) is 8.44. The van der Waals surface area contributed by atoms with Crippen molar-refractivity contribution in [2.75, 3.05) is 5.73 Å².